The number of hydrogen-bond acceptors (Lipinski definition) is 10. The summed E-state index contributed by atoms with van der Waals surface area (Å²) in [5.41, 5.74) is 9.42. The van der Waals surface area contributed by atoms with E-state index in [9.17, 15) is 19.2 Å². The number of carbonyl (C=O) groups excluding carboxylic acids is 4. The highest BCUT2D eigenvalue weighted by molar-refractivity contribution is 6.05. The van der Waals surface area contributed by atoms with Crippen LogP contribution in [0.5, 0.6) is 0 Å². The van der Waals surface area contributed by atoms with Crippen molar-refractivity contribution < 1.29 is 19.2 Å². The Labute approximate surface area is 290 Å². The Morgan fingerprint density at radius 2 is 1.74 bits per heavy atom. The Hall–Kier alpha value is -5.31. The maximum absolute atomic E-state index is 12.6. The first-order valence-corrected chi connectivity index (χ1v) is 17.3. The van der Waals surface area contributed by atoms with Crippen LogP contribution in [0.2, 0.25) is 0 Å². The minimum absolute atomic E-state index is 0.0648. The molecule has 15 nitrogen and oxygen atoms in total. The number of anilines is 4. The second-order valence-corrected chi connectivity index (χ2v) is 13.5. The summed E-state index contributed by atoms with van der Waals surface area (Å²) < 4.78 is 0. The number of amides is 6. The third-order valence-electron chi connectivity index (χ3n) is 10.2. The number of hydrogen-bond donors (Lipinski definition) is 3. The number of urea groups is 2. The van der Waals surface area contributed by atoms with Crippen molar-refractivity contribution in [3.05, 3.63) is 65.7 Å². The highest BCUT2D eigenvalue weighted by Crippen LogP contribution is 2.31. The maximum Gasteiger partial charge on any atom is 0.328 e. The lowest BCUT2D eigenvalue weighted by molar-refractivity contribution is -0.120. The van der Waals surface area contributed by atoms with Gasteiger partial charge in [-0.05, 0) is 74.5 Å². The lowest BCUT2D eigenvalue weighted by Crippen LogP contribution is -2.49. The van der Waals surface area contributed by atoms with Gasteiger partial charge in [0.2, 0.25) is 5.91 Å². The zero-order valence-corrected chi connectivity index (χ0v) is 28.3. The van der Waals surface area contributed by atoms with E-state index in [2.05, 4.69) is 42.5 Å². The molecule has 0 spiro atoms. The average molecular weight is 682 g/mol. The van der Waals surface area contributed by atoms with Crippen LogP contribution in [0.25, 0.3) is 0 Å². The van der Waals surface area contributed by atoms with Gasteiger partial charge in [0.15, 0.2) is 11.5 Å². The number of rotatable bonds is 9. The molecule has 4 fully saturated rings. The monoisotopic (exact) mass is 681 g/mol. The smallest absolute Gasteiger partial charge is 0.328 e. The molecular weight excluding hydrogens is 638 g/mol. The third kappa shape index (κ3) is 7.18. The summed E-state index contributed by atoms with van der Waals surface area (Å²) in [4.78, 5) is 72.0. The Balaban J connectivity index is 0.942. The minimum Gasteiger partial charge on any atom is -0.364 e. The molecule has 3 aromatic rings. The molecule has 4 saturated heterocycles. The molecule has 262 valence electrons. The van der Waals surface area contributed by atoms with Crippen molar-refractivity contribution in [2.75, 3.05) is 68.0 Å². The summed E-state index contributed by atoms with van der Waals surface area (Å²) in [6.07, 6.45) is 7.47. The second-order valence-electron chi connectivity index (χ2n) is 13.5. The maximum atomic E-state index is 12.6. The molecule has 4 aliphatic rings. The Bertz CT molecular complexity index is 1740. The van der Waals surface area contributed by atoms with Crippen molar-refractivity contribution in [3.63, 3.8) is 0 Å². The number of carbonyl (C=O) groups is 4. The van der Waals surface area contributed by atoms with Crippen LogP contribution in [0.4, 0.5) is 32.6 Å². The van der Waals surface area contributed by atoms with Crippen LogP contribution in [0, 0.1) is 0 Å². The van der Waals surface area contributed by atoms with Crippen LogP contribution in [-0.2, 0) is 11.3 Å². The predicted molar refractivity (Wildman–Crippen MR) is 187 cm³/mol. The Morgan fingerprint density at radius 1 is 0.940 bits per heavy atom. The first-order chi connectivity index (χ1) is 24.2. The first kappa shape index (κ1) is 33.2. The van der Waals surface area contributed by atoms with Crippen molar-refractivity contribution in [1.82, 2.24) is 35.0 Å². The molecule has 0 saturated carbocycles. The van der Waals surface area contributed by atoms with Crippen LogP contribution in [0.3, 0.4) is 0 Å². The first-order valence-electron chi connectivity index (χ1n) is 17.3. The number of primary amides is 1. The molecule has 4 aliphatic heterocycles. The number of benzene rings is 1. The highest BCUT2D eigenvalue weighted by Gasteiger charge is 2.35. The fraction of sp³-hybridized carbons (Fsp3) is 0.457. The predicted octanol–water partition coefficient (Wildman–Crippen LogP) is 2.88. The van der Waals surface area contributed by atoms with Crippen LogP contribution in [-0.4, -0.2) is 112 Å². The van der Waals surface area contributed by atoms with E-state index in [1.54, 1.807) is 17.3 Å². The van der Waals surface area contributed by atoms with Crippen LogP contribution in [0.1, 0.15) is 59.8 Å². The van der Waals surface area contributed by atoms with E-state index in [1.807, 2.05) is 36.2 Å². The summed E-state index contributed by atoms with van der Waals surface area (Å²) in [6.45, 7) is 5.87. The zero-order valence-electron chi connectivity index (χ0n) is 28.3. The SMILES string of the molecule is CN1CCN([C@@H]2CCCN(c3cnc(C(N)=O)c(Nc4ccc(C5CCN(Cc6ccc(N7CCC(=O)NC7=O)cn6)CC5)cc4)n3)C2)C1=O. The fourth-order valence-corrected chi connectivity index (χ4v) is 7.33. The van der Waals surface area contributed by atoms with Gasteiger partial charge < -0.3 is 25.8 Å². The van der Waals surface area contributed by atoms with Gasteiger partial charge >= 0.3 is 12.1 Å². The number of likely N-dealkylation sites (tertiary alicyclic amines) is 1. The fourth-order valence-electron chi connectivity index (χ4n) is 7.33. The summed E-state index contributed by atoms with van der Waals surface area (Å²) in [5.74, 6) is 0.468. The molecule has 0 bridgehead atoms. The summed E-state index contributed by atoms with van der Waals surface area (Å²) in [6, 6.07) is 11.8. The van der Waals surface area contributed by atoms with Gasteiger partial charge in [0.25, 0.3) is 5.91 Å². The van der Waals surface area contributed by atoms with Gasteiger partial charge in [-0.1, -0.05) is 12.1 Å². The average Bonchev–Trinajstić information content (AvgIpc) is 3.46. The Kier molecular flexibility index (Phi) is 9.48. The molecule has 1 atom stereocenters. The van der Waals surface area contributed by atoms with Crippen LogP contribution >= 0.6 is 0 Å². The van der Waals surface area contributed by atoms with Crippen molar-refractivity contribution >= 4 is 46.9 Å². The van der Waals surface area contributed by atoms with Gasteiger partial charge in [-0.3, -0.25) is 29.7 Å². The lowest BCUT2D eigenvalue weighted by Gasteiger charge is -2.37. The van der Waals surface area contributed by atoms with Crippen molar-refractivity contribution in [2.24, 2.45) is 5.73 Å². The van der Waals surface area contributed by atoms with E-state index in [0.717, 1.165) is 76.3 Å². The standard InChI is InChI=1S/C35H43N11O4/c1-42-17-18-46(35(42)50)28-3-2-13-44(22-28)29-20-38-31(32(36)48)33(40-29)39-25-6-4-23(5-7-25)24-10-14-43(15-11-24)21-26-8-9-27(19-37-26)45-16-12-30(47)41-34(45)49/h4-9,19-20,24,28H,2-3,10-18,21-22H2,1H3,(H2,36,48)(H,39,40)(H,41,47,49)/t28-/m1/s1. The highest BCUT2D eigenvalue weighted by atomic mass is 16.2. The summed E-state index contributed by atoms with van der Waals surface area (Å²) in [7, 11) is 1.83. The summed E-state index contributed by atoms with van der Waals surface area (Å²) in [5, 5.41) is 5.62. The van der Waals surface area contributed by atoms with Gasteiger partial charge in [-0.2, -0.15) is 0 Å². The molecule has 2 aromatic heterocycles. The van der Waals surface area contributed by atoms with Crippen molar-refractivity contribution in [2.45, 2.75) is 50.6 Å². The molecule has 50 heavy (non-hydrogen) atoms. The van der Waals surface area contributed by atoms with E-state index in [4.69, 9.17) is 10.7 Å². The van der Waals surface area contributed by atoms with E-state index in [0.29, 0.717) is 36.3 Å². The number of piperidine rings is 2. The quantitative estimate of drug-likeness (QED) is 0.305. The van der Waals surface area contributed by atoms with Gasteiger partial charge in [-0.15, -0.1) is 0 Å². The topological polar surface area (TPSA) is 173 Å². The van der Waals surface area contributed by atoms with Crippen molar-refractivity contribution in [1.29, 1.82) is 0 Å². The molecule has 15 heteroatoms. The molecule has 7 rings (SSSR count). The van der Waals surface area contributed by atoms with Gasteiger partial charge in [0.1, 0.15) is 5.82 Å². The molecule has 0 unspecified atom stereocenters. The molecule has 0 aliphatic carbocycles. The number of pyridine rings is 1. The zero-order chi connectivity index (χ0) is 34.8. The lowest BCUT2D eigenvalue weighted by atomic mass is 9.89. The largest absolute Gasteiger partial charge is 0.364 e. The number of likely N-dealkylation sites (N-methyl/N-ethyl adjacent to an activating group) is 1. The van der Waals surface area contributed by atoms with Crippen molar-refractivity contribution in [3.8, 4) is 0 Å². The second kappa shape index (κ2) is 14.3. The minimum atomic E-state index is -0.657. The van der Waals surface area contributed by atoms with Gasteiger partial charge in [0.05, 0.1) is 29.8 Å². The van der Waals surface area contributed by atoms with Gasteiger partial charge in [-0.25, -0.2) is 19.6 Å². The van der Waals surface area contributed by atoms with E-state index >= 15 is 0 Å². The Morgan fingerprint density at radius 3 is 2.42 bits per heavy atom. The number of nitrogens with one attached hydrogen (secondary N) is 2. The molecular formula is C35H43N11O4. The summed E-state index contributed by atoms with van der Waals surface area (Å²) >= 11 is 0. The normalized spacial score (nSPS) is 20.7. The molecule has 0 radical (unpaired) electrons. The van der Waals surface area contributed by atoms with E-state index in [1.165, 1.54) is 10.5 Å². The van der Waals surface area contributed by atoms with E-state index < -0.39 is 11.9 Å². The molecule has 6 heterocycles. The number of nitrogens with two attached hydrogens (primary N) is 1. The van der Waals surface area contributed by atoms with Crippen LogP contribution < -0.4 is 26.2 Å². The van der Waals surface area contributed by atoms with Gasteiger partial charge in [0, 0.05) is 58.4 Å². The third-order valence-corrected chi connectivity index (χ3v) is 10.2. The van der Waals surface area contributed by atoms with Crippen LogP contribution in [0.15, 0.2) is 48.8 Å². The number of imide groups is 1. The molecule has 1 aromatic carbocycles. The molecule has 6 amide bonds. The van der Waals surface area contributed by atoms with E-state index in [-0.39, 0.29) is 30.1 Å². The number of nitrogens with zero attached hydrogens (tertiary/aromatic N) is 8. The number of aromatic nitrogens is 3. The molecule has 4 N–H and O–H groups in total.